The molecule has 3 aromatic rings. The Kier molecular flexibility index (Phi) is 4.32. The lowest BCUT2D eigenvalue weighted by Crippen LogP contribution is -2.09. The lowest BCUT2D eigenvalue weighted by Gasteiger charge is -2.17. The van der Waals surface area contributed by atoms with E-state index in [1.54, 1.807) is 24.3 Å². The van der Waals surface area contributed by atoms with Gasteiger partial charge in [0.2, 0.25) is 5.95 Å². The Bertz CT molecular complexity index is 944. The molecule has 0 bridgehead atoms. The number of carbonyl (C=O) groups excluding carboxylic acids is 1. The van der Waals surface area contributed by atoms with E-state index >= 15 is 0 Å². The molecule has 1 saturated carbocycles. The summed E-state index contributed by atoms with van der Waals surface area (Å²) in [6.45, 7) is 0. The molecule has 4 rings (SSSR count). The van der Waals surface area contributed by atoms with Crippen molar-refractivity contribution in [3.8, 4) is 0 Å². The van der Waals surface area contributed by atoms with Crippen molar-refractivity contribution in [1.29, 1.82) is 0 Å². The minimum atomic E-state index is -0.379. The van der Waals surface area contributed by atoms with Gasteiger partial charge in [0.05, 0.1) is 23.7 Å². The maximum atomic E-state index is 13.2. The van der Waals surface area contributed by atoms with Crippen molar-refractivity contribution in [2.75, 3.05) is 12.4 Å². The number of esters is 1. The molecule has 1 aromatic heterocycles. The number of methoxy groups -OCH3 is 1. The van der Waals surface area contributed by atoms with E-state index < -0.39 is 0 Å². The average Bonchev–Trinajstić information content (AvgIpc) is 3.29. The molecule has 1 fully saturated rings. The molecule has 1 N–H and O–H groups in total. The van der Waals surface area contributed by atoms with Gasteiger partial charge >= 0.3 is 5.97 Å². The van der Waals surface area contributed by atoms with Crippen LogP contribution in [0, 0.1) is 5.82 Å². The van der Waals surface area contributed by atoms with Gasteiger partial charge in [-0.15, -0.1) is 0 Å². The molecule has 134 valence electrons. The van der Waals surface area contributed by atoms with Gasteiger partial charge in [0, 0.05) is 11.7 Å². The quantitative estimate of drug-likeness (QED) is 0.683. The van der Waals surface area contributed by atoms with Gasteiger partial charge in [-0.05, 0) is 55.3 Å². The number of aromatic nitrogens is 2. The van der Waals surface area contributed by atoms with Crippen molar-refractivity contribution in [2.45, 2.75) is 31.7 Å². The minimum absolute atomic E-state index is 0.275. The summed E-state index contributed by atoms with van der Waals surface area (Å²) in [4.78, 5) is 16.5. The van der Waals surface area contributed by atoms with E-state index in [4.69, 9.17) is 9.72 Å². The van der Waals surface area contributed by atoms with Crippen molar-refractivity contribution in [1.82, 2.24) is 9.55 Å². The van der Waals surface area contributed by atoms with Crippen LogP contribution in [0.2, 0.25) is 0 Å². The van der Waals surface area contributed by atoms with Crippen molar-refractivity contribution < 1.29 is 13.9 Å². The third-order valence-corrected chi connectivity index (χ3v) is 4.90. The predicted molar refractivity (Wildman–Crippen MR) is 98.3 cm³/mol. The highest BCUT2D eigenvalue weighted by atomic mass is 19.1. The Hall–Kier alpha value is -2.89. The normalized spacial score (nSPS) is 14.7. The number of ether oxygens (including phenoxy) is 1. The van der Waals surface area contributed by atoms with Crippen LogP contribution in [0.1, 0.15) is 42.1 Å². The number of hydrogen-bond donors (Lipinski definition) is 1. The Morgan fingerprint density at radius 2 is 1.92 bits per heavy atom. The highest BCUT2D eigenvalue weighted by Gasteiger charge is 2.23. The van der Waals surface area contributed by atoms with E-state index in [9.17, 15) is 9.18 Å². The molecule has 0 aliphatic heterocycles. The molecule has 5 nitrogen and oxygen atoms in total. The Labute approximate surface area is 150 Å². The van der Waals surface area contributed by atoms with E-state index in [0.717, 1.165) is 29.6 Å². The summed E-state index contributed by atoms with van der Waals surface area (Å²) in [6, 6.07) is 12.0. The van der Waals surface area contributed by atoms with Gasteiger partial charge in [0.15, 0.2) is 0 Å². The van der Waals surface area contributed by atoms with Crippen LogP contribution in [-0.2, 0) is 4.74 Å². The maximum absolute atomic E-state index is 13.2. The van der Waals surface area contributed by atoms with Crippen molar-refractivity contribution >= 4 is 28.6 Å². The summed E-state index contributed by atoms with van der Waals surface area (Å²) in [5.41, 5.74) is 2.97. The maximum Gasteiger partial charge on any atom is 0.337 e. The Balaban J connectivity index is 1.79. The van der Waals surface area contributed by atoms with Gasteiger partial charge in [0.1, 0.15) is 5.82 Å². The number of fused-ring (bicyclic) bond motifs is 1. The molecule has 6 heteroatoms. The zero-order valence-corrected chi connectivity index (χ0v) is 14.5. The standard InChI is InChI=1S/C20H20FN3O2/c1-26-19(25)13-6-11-18-17(12-13)23-20(24(18)16-4-2-3-5-16)22-15-9-7-14(21)8-10-15/h6-12,16H,2-5H2,1H3,(H,22,23). The third-order valence-electron chi connectivity index (χ3n) is 4.90. The number of nitrogens with zero attached hydrogens (tertiary/aromatic N) is 2. The lowest BCUT2D eigenvalue weighted by molar-refractivity contribution is 0.0601. The molecule has 0 atom stereocenters. The topological polar surface area (TPSA) is 56.1 Å². The molecule has 0 radical (unpaired) electrons. The van der Waals surface area contributed by atoms with Gasteiger partial charge in [-0.1, -0.05) is 12.8 Å². The third kappa shape index (κ3) is 3.03. The van der Waals surface area contributed by atoms with Gasteiger partial charge in [-0.2, -0.15) is 0 Å². The van der Waals surface area contributed by atoms with Crippen LogP contribution in [0.5, 0.6) is 0 Å². The summed E-state index contributed by atoms with van der Waals surface area (Å²) in [5.74, 6) is 0.0541. The average molecular weight is 353 g/mol. The lowest BCUT2D eigenvalue weighted by atomic mass is 10.2. The molecule has 0 unspecified atom stereocenters. The predicted octanol–water partition coefficient (Wildman–Crippen LogP) is 4.82. The second kappa shape index (κ2) is 6.78. The minimum Gasteiger partial charge on any atom is -0.465 e. The number of anilines is 2. The van der Waals surface area contributed by atoms with Crippen LogP contribution in [0.25, 0.3) is 11.0 Å². The number of hydrogen-bond acceptors (Lipinski definition) is 4. The molecule has 0 spiro atoms. The molecule has 0 amide bonds. The molecule has 26 heavy (non-hydrogen) atoms. The second-order valence-corrected chi connectivity index (χ2v) is 6.57. The second-order valence-electron chi connectivity index (χ2n) is 6.57. The highest BCUT2D eigenvalue weighted by Crippen LogP contribution is 2.36. The first-order chi connectivity index (χ1) is 12.7. The summed E-state index contributed by atoms with van der Waals surface area (Å²) in [7, 11) is 1.37. The van der Waals surface area contributed by atoms with E-state index in [2.05, 4.69) is 9.88 Å². The van der Waals surface area contributed by atoms with Crippen molar-refractivity contribution in [2.24, 2.45) is 0 Å². The fourth-order valence-corrected chi connectivity index (χ4v) is 3.63. The first kappa shape index (κ1) is 16.6. The van der Waals surface area contributed by atoms with Crippen molar-refractivity contribution in [3.63, 3.8) is 0 Å². The Morgan fingerprint density at radius 3 is 2.62 bits per heavy atom. The number of carbonyl (C=O) groups is 1. The van der Waals surface area contributed by atoms with Gasteiger partial charge in [-0.3, -0.25) is 0 Å². The smallest absolute Gasteiger partial charge is 0.337 e. The fraction of sp³-hybridized carbons (Fsp3) is 0.300. The van der Waals surface area contributed by atoms with Crippen LogP contribution >= 0.6 is 0 Å². The largest absolute Gasteiger partial charge is 0.465 e. The number of rotatable bonds is 4. The summed E-state index contributed by atoms with van der Waals surface area (Å²) in [5, 5.41) is 3.30. The molecular formula is C20H20FN3O2. The first-order valence-corrected chi connectivity index (χ1v) is 8.78. The molecular weight excluding hydrogens is 333 g/mol. The molecule has 0 saturated heterocycles. The number of benzene rings is 2. The van der Waals surface area contributed by atoms with Crippen LogP contribution in [0.3, 0.4) is 0 Å². The van der Waals surface area contributed by atoms with E-state index in [1.165, 1.54) is 32.1 Å². The first-order valence-electron chi connectivity index (χ1n) is 8.78. The van der Waals surface area contributed by atoms with Gasteiger partial charge < -0.3 is 14.6 Å². The summed E-state index contributed by atoms with van der Waals surface area (Å²) in [6.07, 6.45) is 4.59. The van der Waals surface area contributed by atoms with E-state index in [-0.39, 0.29) is 11.8 Å². The monoisotopic (exact) mass is 353 g/mol. The van der Waals surface area contributed by atoms with Gasteiger partial charge in [0.25, 0.3) is 0 Å². The molecule has 1 aliphatic rings. The van der Waals surface area contributed by atoms with Crippen LogP contribution in [-0.4, -0.2) is 22.6 Å². The zero-order chi connectivity index (χ0) is 18.1. The van der Waals surface area contributed by atoms with Gasteiger partial charge in [-0.25, -0.2) is 14.2 Å². The number of imidazole rings is 1. The molecule has 2 aromatic carbocycles. The van der Waals surface area contributed by atoms with E-state index in [0.29, 0.717) is 17.6 Å². The zero-order valence-electron chi connectivity index (χ0n) is 14.5. The fourth-order valence-electron chi connectivity index (χ4n) is 3.63. The highest BCUT2D eigenvalue weighted by molar-refractivity contribution is 5.94. The van der Waals surface area contributed by atoms with Crippen molar-refractivity contribution in [3.05, 3.63) is 53.8 Å². The molecule has 1 heterocycles. The van der Waals surface area contributed by atoms with Crippen LogP contribution in [0.15, 0.2) is 42.5 Å². The number of halogens is 1. The summed E-state index contributed by atoms with van der Waals surface area (Å²) >= 11 is 0. The van der Waals surface area contributed by atoms with Crippen LogP contribution in [0.4, 0.5) is 16.0 Å². The SMILES string of the molecule is COC(=O)c1ccc2c(c1)nc(Nc1ccc(F)cc1)n2C1CCCC1. The van der Waals surface area contributed by atoms with Crippen LogP contribution < -0.4 is 5.32 Å². The number of nitrogens with one attached hydrogen (secondary N) is 1. The molecule has 1 aliphatic carbocycles. The Morgan fingerprint density at radius 1 is 1.19 bits per heavy atom. The van der Waals surface area contributed by atoms with E-state index in [1.807, 2.05) is 6.07 Å². The summed E-state index contributed by atoms with van der Waals surface area (Å²) < 4.78 is 20.2.